The Morgan fingerprint density at radius 2 is 1.03 bits per heavy atom. The van der Waals surface area contributed by atoms with Crippen LogP contribution in [-0.4, -0.2) is 86.4 Å². The van der Waals surface area contributed by atoms with E-state index in [0.29, 0.717) is 24.6 Å². The fourth-order valence-electron chi connectivity index (χ4n) is 3.27. The summed E-state index contributed by atoms with van der Waals surface area (Å²) in [4.78, 5) is 28.6. The Hall–Kier alpha value is -3.38. The summed E-state index contributed by atoms with van der Waals surface area (Å²) in [6.45, 7) is 0.824. The summed E-state index contributed by atoms with van der Waals surface area (Å²) in [5, 5.41) is 30.4. The molecule has 0 spiro atoms. The Morgan fingerprint density at radius 3 is 1.32 bits per heavy atom. The molecule has 0 aliphatic heterocycles. The quantitative estimate of drug-likeness (QED) is 0.0860. The summed E-state index contributed by atoms with van der Waals surface area (Å²) >= 11 is 0. The number of nitrogens with one attached hydrogen (secondary N) is 2. The lowest BCUT2D eigenvalue weighted by atomic mass is 10.1. The van der Waals surface area contributed by atoms with Gasteiger partial charge in [0.1, 0.15) is 11.4 Å². The molecule has 0 saturated carbocycles. The van der Waals surface area contributed by atoms with Gasteiger partial charge >= 0.3 is 0 Å². The van der Waals surface area contributed by atoms with Gasteiger partial charge in [-0.05, 0) is 35.4 Å². The normalized spacial score (nSPS) is 11.7. The Morgan fingerprint density at radius 1 is 0.684 bits per heavy atom. The Kier molecular flexibility index (Phi) is 13.4. The number of anilines is 2. The van der Waals surface area contributed by atoms with E-state index in [0.717, 1.165) is 22.5 Å². The lowest BCUT2D eigenvalue weighted by Crippen LogP contribution is -2.34. The third-order valence-corrected chi connectivity index (χ3v) is 7.85. The van der Waals surface area contributed by atoms with Crippen LogP contribution < -0.4 is 20.4 Å². The molecule has 0 aliphatic rings. The first-order chi connectivity index (χ1) is 18.2. The number of amides is 2. The summed E-state index contributed by atoms with van der Waals surface area (Å²) in [5.41, 5.74) is 3.95. The van der Waals surface area contributed by atoms with Gasteiger partial charge in [-0.2, -0.15) is 0 Å². The fourth-order valence-corrected chi connectivity index (χ4v) is 5.08. The number of carbonyl (C=O) groups is 2. The molecule has 0 fully saturated rings. The number of oxime groups is 2. The van der Waals surface area contributed by atoms with Gasteiger partial charge in [-0.15, -0.1) is 0 Å². The first-order valence-corrected chi connectivity index (χ1v) is 14.5. The smallest absolute Gasteiger partial charge is 0.269 e. The van der Waals surface area contributed by atoms with E-state index in [4.69, 9.17) is 0 Å². The van der Waals surface area contributed by atoms with Gasteiger partial charge in [0, 0.05) is 77.0 Å². The van der Waals surface area contributed by atoms with Crippen LogP contribution in [0.15, 0.2) is 58.8 Å². The Bertz CT molecular complexity index is 1000. The molecule has 0 radical (unpaired) electrons. The molecule has 0 atom stereocenters. The van der Waals surface area contributed by atoms with Crippen molar-refractivity contribution in [2.45, 2.75) is 12.8 Å². The molecule has 10 nitrogen and oxygen atoms in total. The van der Waals surface area contributed by atoms with Gasteiger partial charge in [-0.3, -0.25) is 9.59 Å². The molecular weight excluding hydrogens is 524 g/mol. The zero-order valence-corrected chi connectivity index (χ0v) is 23.8. The zero-order valence-electron chi connectivity index (χ0n) is 22.2. The molecule has 2 aromatic rings. The minimum Gasteiger partial charge on any atom is -0.410 e. The van der Waals surface area contributed by atoms with Gasteiger partial charge in [-0.25, -0.2) is 0 Å². The van der Waals surface area contributed by atoms with Crippen molar-refractivity contribution in [2.24, 2.45) is 10.3 Å². The average molecular weight is 561 g/mol. The van der Waals surface area contributed by atoms with Crippen molar-refractivity contribution < 1.29 is 20.0 Å². The predicted molar refractivity (Wildman–Crippen MR) is 158 cm³/mol. The van der Waals surface area contributed by atoms with Crippen LogP contribution in [0.25, 0.3) is 0 Å². The molecule has 0 aliphatic carbocycles. The first-order valence-electron chi connectivity index (χ1n) is 12.0. The van der Waals surface area contributed by atoms with Crippen LogP contribution in [0.2, 0.25) is 0 Å². The highest BCUT2D eigenvalue weighted by Gasteiger charge is 2.14. The second-order valence-corrected chi connectivity index (χ2v) is 11.4. The van der Waals surface area contributed by atoms with Crippen molar-refractivity contribution in [3.8, 4) is 0 Å². The topological polar surface area (TPSA) is 130 Å². The second-order valence-electron chi connectivity index (χ2n) is 8.72. The van der Waals surface area contributed by atoms with Gasteiger partial charge in [0.2, 0.25) is 0 Å². The van der Waals surface area contributed by atoms with Crippen LogP contribution in [-0.2, 0) is 22.4 Å². The highest BCUT2D eigenvalue weighted by molar-refractivity contribution is 8.76. The SMILES string of the molecule is CN(C)c1ccc(C/C(=N\O)C(=O)NCCSSCCNC(=O)/C(Cc2ccc(N(C)C)cc2)=N/O)cc1. The molecule has 0 unspecified atom stereocenters. The summed E-state index contributed by atoms with van der Waals surface area (Å²) in [7, 11) is 10.9. The summed E-state index contributed by atoms with van der Waals surface area (Å²) < 4.78 is 0. The number of carbonyl (C=O) groups excluding carboxylic acids is 2. The van der Waals surface area contributed by atoms with Crippen molar-refractivity contribution in [2.75, 3.05) is 62.6 Å². The highest BCUT2D eigenvalue weighted by Crippen LogP contribution is 2.19. The number of hydrogen-bond donors (Lipinski definition) is 4. The molecule has 206 valence electrons. The van der Waals surface area contributed by atoms with Gasteiger partial charge in [-0.1, -0.05) is 56.2 Å². The Balaban J connectivity index is 1.61. The lowest BCUT2D eigenvalue weighted by Gasteiger charge is -2.13. The highest BCUT2D eigenvalue weighted by atomic mass is 33.1. The molecule has 0 aromatic heterocycles. The molecular formula is C26H36N6O4S2. The van der Waals surface area contributed by atoms with E-state index in [1.165, 1.54) is 0 Å². The van der Waals surface area contributed by atoms with E-state index >= 15 is 0 Å². The molecule has 12 heteroatoms. The third-order valence-electron chi connectivity index (χ3n) is 5.44. The van der Waals surface area contributed by atoms with Crippen LogP contribution in [0.3, 0.4) is 0 Å². The van der Waals surface area contributed by atoms with Crippen molar-refractivity contribution in [1.82, 2.24) is 10.6 Å². The molecule has 38 heavy (non-hydrogen) atoms. The first kappa shape index (κ1) is 30.8. The van der Waals surface area contributed by atoms with Crippen molar-refractivity contribution >= 4 is 56.2 Å². The van der Waals surface area contributed by atoms with E-state index in [1.54, 1.807) is 21.6 Å². The number of nitrogens with zero attached hydrogens (tertiary/aromatic N) is 4. The maximum atomic E-state index is 12.3. The van der Waals surface area contributed by atoms with E-state index in [1.807, 2.05) is 86.5 Å². The van der Waals surface area contributed by atoms with Gasteiger partial charge in [0.05, 0.1) is 0 Å². The molecule has 2 rings (SSSR count). The van der Waals surface area contributed by atoms with Crippen LogP contribution in [0, 0.1) is 0 Å². The van der Waals surface area contributed by atoms with Crippen molar-refractivity contribution in [3.05, 3.63) is 59.7 Å². The average Bonchev–Trinajstić information content (AvgIpc) is 2.91. The predicted octanol–water partition coefficient (Wildman–Crippen LogP) is 2.88. The monoisotopic (exact) mass is 560 g/mol. The summed E-state index contributed by atoms with van der Waals surface area (Å²) in [6.07, 6.45) is 0.469. The van der Waals surface area contributed by atoms with Crippen LogP contribution in [0.4, 0.5) is 11.4 Å². The van der Waals surface area contributed by atoms with Crippen molar-refractivity contribution in [3.63, 3.8) is 0 Å². The van der Waals surface area contributed by atoms with Crippen LogP contribution in [0.5, 0.6) is 0 Å². The van der Waals surface area contributed by atoms with Gasteiger partial charge in [0.25, 0.3) is 11.8 Å². The van der Waals surface area contributed by atoms with Crippen LogP contribution in [0.1, 0.15) is 11.1 Å². The molecule has 0 heterocycles. The third kappa shape index (κ3) is 10.5. The fraction of sp³-hybridized carbons (Fsp3) is 0.385. The number of hydrogen-bond acceptors (Lipinski definition) is 10. The molecule has 2 aromatic carbocycles. The van der Waals surface area contributed by atoms with E-state index < -0.39 is 11.8 Å². The van der Waals surface area contributed by atoms with Gasteiger partial charge in [0.15, 0.2) is 0 Å². The van der Waals surface area contributed by atoms with Gasteiger partial charge < -0.3 is 30.8 Å². The Labute approximate surface area is 231 Å². The molecule has 0 saturated heterocycles. The molecule has 0 bridgehead atoms. The maximum Gasteiger partial charge on any atom is 0.269 e. The number of benzene rings is 2. The summed E-state index contributed by atoms with van der Waals surface area (Å²) in [6, 6.07) is 15.4. The zero-order chi connectivity index (χ0) is 27.9. The van der Waals surface area contributed by atoms with E-state index in [2.05, 4.69) is 20.9 Å². The minimum absolute atomic E-state index is 0.0537. The van der Waals surface area contributed by atoms with E-state index in [9.17, 15) is 20.0 Å². The largest absolute Gasteiger partial charge is 0.410 e. The standard InChI is InChI=1S/C26H36N6O4S2/c1-31(2)21-9-5-19(6-10-21)17-23(29-35)25(33)27-13-15-37-38-16-14-28-26(34)24(30-36)18-20-7-11-22(12-8-20)32(3)4/h5-12,35-36H,13-18H2,1-4H3,(H,27,33)(H,28,34)/b29-23+,30-24+. The van der Waals surface area contributed by atoms with Crippen molar-refractivity contribution in [1.29, 1.82) is 0 Å². The lowest BCUT2D eigenvalue weighted by molar-refractivity contribution is -0.115. The minimum atomic E-state index is -0.408. The van der Waals surface area contributed by atoms with Crippen LogP contribution >= 0.6 is 21.6 Å². The second kappa shape index (κ2) is 16.5. The number of rotatable bonds is 15. The summed E-state index contributed by atoms with van der Waals surface area (Å²) in [5.74, 6) is 0.475. The molecule has 4 N–H and O–H groups in total. The van der Waals surface area contributed by atoms with E-state index in [-0.39, 0.29) is 24.3 Å². The maximum absolute atomic E-state index is 12.3. The molecule has 2 amide bonds.